The molecule has 0 radical (unpaired) electrons. The van der Waals surface area contributed by atoms with E-state index in [4.69, 9.17) is 14.7 Å². The van der Waals surface area contributed by atoms with E-state index in [1.54, 1.807) is 0 Å². The average Bonchev–Trinajstić information content (AvgIpc) is 3.34. The van der Waals surface area contributed by atoms with Gasteiger partial charge in [-0.15, -0.1) is 0 Å². The Labute approximate surface area is 169 Å². The van der Waals surface area contributed by atoms with Gasteiger partial charge in [-0.3, -0.25) is 4.21 Å². The Morgan fingerprint density at radius 2 is 2.04 bits per heavy atom. The van der Waals surface area contributed by atoms with Crippen LogP contribution in [-0.2, 0) is 22.0 Å². The summed E-state index contributed by atoms with van der Waals surface area (Å²) in [6, 6.07) is 0. The Hall–Kier alpha value is -1.25. The van der Waals surface area contributed by atoms with E-state index < -0.39 is 10.8 Å². The topological polar surface area (TPSA) is 87.6 Å². The van der Waals surface area contributed by atoms with Crippen LogP contribution in [0.3, 0.4) is 0 Å². The fraction of sp³-hybridized carbons (Fsp3) is 0.800. The van der Waals surface area contributed by atoms with E-state index in [-0.39, 0.29) is 12.1 Å². The molecule has 0 spiro atoms. The Kier molecular flexibility index (Phi) is 6.18. The summed E-state index contributed by atoms with van der Waals surface area (Å²) < 4.78 is 18.0. The van der Waals surface area contributed by atoms with Crippen molar-refractivity contribution in [1.82, 2.24) is 9.97 Å². The van der Waals surface area contributed by atoms with Gasteiger partial charge >= 0.3 is 0 Å². The normalized spacial score (nSPS) is 24.3. The van der Waals surface area contributed by atoms with Crippen LogP contribution >= 0.6 is 0 Å². The van der Waals surface area contributed by atoms with Crippen LogP contribution in [0.5, 0.6) is 0 Å². The molecule has 7 nitrogen and oxygen atoms in total. The first-order valence-corrected chi connectivity index (χ1v) is 11.9. The van der Waals surface area contributed by atoms with Crippen LogP contribution in [0.1, 0.15) is 50.6 Å². The van der Waals surface area contributed by atoms with E-state index >= 15 is 0 Å². The monoisotopic (exact) mass is 408 g/mol. The molecule has 1 saturated carbocycles. The van der Waals surface area contributed by atoms with Crippen molar-refractivity contribution < 1.29 is 14.1 Å². The van der Waals surface area contributed by atoms with Gasteiger partial charge in [0.1, 0.15) is 10.7 Å². The molecular formula is C20H32N4O3S. The molecule has 2 N–H and O–H groups in total. The summed E-state index contributed by atoms with van der Waals surface area (Å²) in [5.41, 5.74) is 0.558. The maximum atomic E-state index is 12.6. The number of hydrogen-bond acceptors (Lipinski definition) is 7. The summed E-state index contributed by atoms with van der Waals surface area (Å²) in [5, 5.41) is 13.5. The highest BCUT2D eigenvalue weighted by atomic mass is 32.2. The Bertz CT molecular complexity index is 718. The standard InChI is InChI=1S/C20H32N4O3S/c1-24(10-4-15-5-11-27-12-6-15)19-21-16-7-13-28(26)17(16)18(22-19)23-20(14-25)8-2-3-9-20/h15,25H,2-14H2,1H3,(H,21,22,23). The third-order valence-electron chi connectivity index (χ3n) is 6.48. The minimum atomic E-state index is -1.06. The highest BCUT2D eigenvalue weighted by Crippen LogP contribution is 2.36. The second-order valence-electron chi connectivity index (χ2n) is 8.48. The summed E-state index contributed by atoms with van der Waals surface area (Å²) in [6.07, 6.45) is 8.13. The van der Waals surface area contributed by atoms with Gasteiger partial charge in [0.15, 0.2) is 0 Å². The van der Waals surface area contributed by atoms with Gasteiger partial charge in [-0.05, 0) is 38.0 Å². The van der Waals surface area contributed by atoms with Crippen LogP contribution in [0.15, 0.2) is 4.90 Å². The SMILES string of the molecule is CN(CCC1CCOCC1)c1nc2c(c(NC3(CO)CCCC3)n1)S(=O)CC2. The average molecular weight is 409 g/mol. The van der Waals surface area contributed by atoms with Gasteiger partial charge in [0.25, 0.3) is 0 Å². The van der Waals surface area contributed by atoms with Crippen LogP contribution in [0.4, 0.5) is 11.8 Å². The minimum absolute atomic E-state index is 0.0767. The molecule has 0 aromatic carbocycles. The van der Waals surface area contributed by atoms with E-state index in [0.717, 1.165) is 81.7 Å². The Morgan fingerprint density at radius 1 is 1.29 bits per heavy atom. The van der Waals surface area contributed by atoms with Crippen LogP contribution in [0.2, 0.25) is 0 Å². The van der Waals surface area contributed by atoms with Crippen molar-refractivity contribution in [2.24, 2.45) is 5.92 Å². The van der Waals surface area contributed by atoms with Crippen molar-refractivity contribution in [2.45, 2.75) is 61.8 Å². The number of aliphatic hydroxyl groups excluding tert-OH is 1. The van der Waals surface area contributed by atoms with E-state index in [1.165, 1.54) is 0 Å². The molecule has 1 atom stereocenters. The number of hydrogen-bond donors (Lipinski definition) is 2. The predicted octanol–water partition coefficient (Wildman–Crippen LogP) is 2.11. The van der Waals surface area contributed by atoms with Crippen LogP contribution in [0.25, 0.3) is 0 Å². The zero-order valence-corrected chi connectivity index (χ0v) is 17.6. The second kappa shape index (κ2) is 8.63. The van der Waals surface area contributed by atoms with Gasteiger partial charge < -0.3 is 20.1 Å². The van der Waals surface area contributed by atoms with Crippen molar-refractivity contribution >= 4 is 22.6 Å². The van der Waals surface area contributed by atoms with Crippen molar-refractivity contribution in [2.75, 3.05) is 49.4 Å². The number of anilines is 2. The van der Waals surface area contributed by atoms with Crippen molar-refractivity contribution in [3.63, 3.8) is 0 Å². The molecule has 28 heavy (non-hydrogen) atoms. The molecule has 2 aliphatic heterocycles. The van der Waals surface area contributed by atoms with E-state index in [2.05, 4.69) is 10.2 Å². The van der Waals surface area contributed by atoms with Gasteiger partial charge in [0.05, 0.1) is 28.6 Å². The molecule has 1 aromatic heterocycles. The van der Waals surface area contributed by atoms with Crippen molar-refractivity contribution in [3.05, 3.63) is 5.69 Å². The fourth-order valence-corrected chi connectivity index (χ4v) is 5.88. The number of nitrogens with one attached hydrogen (secondary N) is 1. The first-order valence-electron chi connectivity index (χ1n) is 10.6. The summed E-state index contributed by atoms with van der Waals surface area (Å²) in [4.78, 5) is 12.4. The maximum absolute atomic E-state index is 12.6. The smallest absolute Gasteiger partial charge is 0.227 e. The van der Waals surface area contributed by atoms with Gasteiger partial charge in [-0.2, -0.15) is 4.98 Å². The van der Waals surface area contributed by atoms with E-state index in [9.17, 15) is 9.32 Å². The summed E-state index contributed by atoms with van der Waals surface area (Å²) in [6.45, 7) is 2.71. The zero-order valence-electron chi connectivity index (χ0n) is 16.8. The molecule has 1 aliphatic carbocycles. The lowest BCUT2D eigenvalue weighted by Crippen LogP contribution is -2.40. The van der Waals surface area contributed by atoms with Gasteiger partial charge in [0.2, 0.25) is 5.95 Å². The van der Waals surface area contributed by atoms with Crippen molar-refractivity contribution in [3.8, 4) is 0 Å². The predicted molar refractivity (Wildman–Crippen MR) is 110 cm³/mol. The molecule has 3 aliphatic rings. The number of aryl methyl sites for hydroxylation is 1. The number of nitrogens with zero attached hydrogens (tertiary/aromatic N) is 3. The van der Waals surface area contributed by atoms with Gasteiger partial charge in [-0.1, -0.05) is 12.8 Å². The zero-order chi connectivity index (χ0) is 19.6. The summed E-state index contributed by atoms with van der Waals surface area (Å²) in [5.74, 6) is 2.68. The molecule has 1 saturated heterocycles. The fourth-order valence-electron chi connectivity index (χ4n) is 4.58. The molecule has 0 amide bonds. The van der Waals surface area contributed by atoms with Crippen molar-refractivity contribution in [1.29, 1.82) is 0 Å². The molecular weight excluding hydrogens is 376 g/mol. The van der Waals surface area contributed by atoms with Crippen LogP contribution < -0.4 is 10.2 Å². The largest absolute Gasteiger partial charge is 0.394 e. The Balaban J connectivity index is 1.54. The lowest BCUT2D eigenvalue weighted by molar-refractivity contribution is 0.0645. The molecule has 0 bridgehead atoms. The third-order valence-corrected chi connectivity index (χ3v) is 7.94. The quantitative estimate of drug-likeness (QED) is 0.714. The molecule has 156 valence electrons. The van der Waals surface area contributed by atoms with E-state index in [1.807, 2.05) is 7.05 Å². The molecule has 2 fully saturated rings. The summed E-state index contributed by atoms with van der Waals surface area (Å²) >= 11 is 0. The van der Waals surface area contributed by atoms with Crippen LogP contribution in [-0.4, -0.2) is 64.0 Å². The summed E-state index contributed by atoms with van der Waals surface area (Å²) in [7, 11) is 0.976. The molecule has 4 rings (SSSR count). The lowest BCUT2D eigenvalue weighted by Gasteiger charge is -2.30. The van der Waals surface area contributed by atoms with Gasteiger partial charge in [-0.25, -0.2) is 4.98 Å². The minimum Gasteiger partial charge on any atom is -0.394 e. The lowest BCUT2D eigenvalue weighted by atomic mass is 9.96. The number of fused-ring (bicyclic) bond motifs is 1. The highest BCUT2D eigenvalue weighted by Gasteiger charge is 2.36. The Morgan fingerprint density at radius 3 is 2.75 bits per heavy atom. The number of aromatic nitrogens is 2. The molecule has 3 heterocycles. The maximum Gasteiger partial charge on any atom is 0.227 e. The van der Waals surface area contributed by atoms with Crippen LogP contribution in [0, 0.1) is 5.92 Å². The number of aliphatic hydroxyl groups is 1. The van der Waals surface area contributed by atoms with E-state index in [0.29, 0.717) is 23.4 Å². The first-order chi connectivity index (χ1) is 13.6. The molecule has 1 aromatic rings. The second-order valence-corrected chi connectivity index (χ2v) is 9.99. The number of ether oxygens (including phenoxy) is 1. The third kappa shape index (κ3) is 4.19. The molecule has 8 heteroatoms. The molecule has 1 unspecified atom stereocenters. The highest BCUT2D eigenvalue weighted by molar-refractivity contribution is 7.85. The first kappa shape index (κ1) is 20.0. The van der Waals surface area contributed by atoms with Gasteiger partial charge in [0, 0.05) is 39.0 Å². The number of rotatable bonds is 7.